The minimum absolute atomic E-state index is 0.0840. The molecule has 12 heteroatoms. The van der Waals surface area contributed by atoms with E-state index >= 15 is 0 Å². The lowest BCUT2D eigenvalue weighted by Gasteiger charge is -2.27. The summed E-state index contributed by atoms with van der Waals surface area (Å²) in [7, 11) is 0. The Morgan fingerprint density at radius 1 is 0.577 bits per heavy atom. The van der Waals surface area contributed by atoms with E-state index in [1.54, 1.807) is 41.5 Å². The maximum absolute atomic E-state index is 14.0. The number of amides is 5. The number of hydrogen-bond acceptors (Lipinski definition) is 7. The Bertz CT molecular complexity index is 1420. The smallest absolute Gasteiger partial charge is 0.408 e. The standard InChI is InChI=1S/C40H61N5O7/c1-27(2)24-31(34(46)42-28(3)18-16-17-23-41-37(49)51-39(4,5)6)43-35(47)32(25-29-19-12-10-13-20-29)44-36(48)33(26-30-21-14-11-15-22-30)45-38(50)52-40(7,8)9/h10-15,19-22,27-28,31-33H,16-18,23-26H2,1-9H3,(H,41,49)(H,42,46)(H,43,47)(H,44,48)(H,45,50). The number of rotatable bonds is 18. The zero-order valence-electron chi connectivity index (χ0n) is 32.5. The average Bonchev–Trinajstić information content (AvgIpc) is 3.02. The van der Waals surface area contributed by atoms with Crippen molar-refractivity contribution in [3.63, 3.8) is 0 Å². The Hall–Kier alpha value is -4.61. The highest BCUT2D eigenvalue weighted by atomic mass is 16.6. The molecule has 0 heterocycles. The van der Waals surface area contributed by atoms with Crippen LogP contribution in [0.1, 0.15) is 99.1 Å². The molecule has 0 radical (unpaired) electrons. The Balaban J connectivity index is 2.16. The molecular formula is C40H61N5O7. The fourth-order valence-corrected chi connectivity index (χ4v) is 5.31. The first kappa shape index (κ1) is 43.6. The molecule has 0 aliphatic carbocycles. The summed E-state index contributed by atoms with van der Waals surface area (Å²) in [6.45, 7) is 16.9. The molecule has 288 valence electrons. The molecule has 12 nitrogen and oxygen atoms in total. The van der Waals surface area contributed by atoms with Gasteiger partial charge in [-0.15, -0.1) is 0 Å². The van der Waals surface area contributed by atoms with Crippen LogP contribution in [0.4, 0.5) is 9.59 Å². The van der Waals surface area contributed by atoms with Crippen LogP contribution in [0.25, 0.3) is 0 Å². The van der Waals surface area contributed by atoms with E-state index in [2.05, 4.69) is 26.6 Å². The van der Waals surface area contributed by atoms with E-state index in [-0.39, 0.29) is 30.7 Å². The van der Waals surface area contributed by atoms with Crippen LogP contribution < -0.4 is 26.6 Å². The zero-order valence-corrected chi connectivity index (χ0v) is 32.5. The number of ether oxygens (including phenoxy) is 2. The van der Waals surface area contributed by atoms with Crippen molar-refractivity contribution in [3.05, 3.63) is 71.8 Å². The van der Waals surface area contributed by atoms with Crippen molar-refractivity contribution >= 4 is 29.9 Å². The van der Waals surface area contributed by atoms with E-state index in [9.17, 15) is 24.0 Å². The van der Waals surface area contributed by atoms with Gasteiger partial charge in [-0.3, -0.25) is 14.4 Å². The number of carbonyl (C=O) groups excluding carboxylic acids is 5. The molecule has 5 amide bonds. The highest BCUT2D eigenvalue weighted by molar-refractivity contribution is 5.94. The lowest BCUT2D eigenvalue weighted by atomic mass is 10.00. The third kappa shape index (κ3) is 18.6. The number of alkyl carbamates (subject to hydrolysis) is 2. The minimum atomic E-state index is -1.05. The van der Waals surface area contributed by atoms with Gasteiger partial charge in [0.25, 0.3) is 0 Å². The van der Waals surface area contributed by atoms with Crippen LogP contribution in [-0.4, -0.2) is 71.8 Å². The molecule has 52 heavy (non-hydrogen) atoms. The van der Waals surface area contributed by atoms with E-state index in [1.165, 1.54) is 0 Å². The topological polar surface area (TPSA) is 164 Å². The third-order valence-corrected chi connectivity index (χ3v) is 7.67. The number of nitrogens with one attached hydrogen (secondary N) is 5. The second-order valence-electron chi connectivity index (χ2n) is 15.7. The third-order valence-electron chi connectivity index (χ3n) is 7.67. The predicted molar refractivity (Wildman–Crippen MR) is 202 cm³/mol. The molecule has 2 rings (SSSR count). The normalized spacial score (nSPS) is 13.9. The summed E-state index contributed by atoms with van der Waals surface area (Å²) >= 11 is 0. The van der Waals surface area contributed by atoms with Crippen molar-refractivity contribution < 1.29 is 33.4 Å². The second kappa shape index (κ2) is 21.0. The summed E-state index contributed by atoms with van der Waals surface area (Å²) in [5, 5.41) is 14.2. The van der Waals surface area contributed by atoms with Crippen LogP contribution in [0.5, 0.6) is 0 Å². The molecule has 2 aromatic rings. The largest absolute Gasteiger partial charge is 0.444 e. The molecule has 0 aromatic heterocycles. The maximum Gasteiger partial charge on any atom is 0.408 e. The molecule has 0 fully saturated rings. The molecule has 0 aliphatic heterocycles. The van der Waals surface area contributed by atoms with Crippen molar-refractivity contribution in [1.29, 1.82) is 0 Å². The monoisotopic (exact) mass is 723 g/mol. The van der Waals surface area contributed by atoms with Crippen LogP contribution >= 0.6 is 0 Å². The maximum atomic E-state index is 14.0. The van der Waals surface area contributed by atoms with Crippen molar-refractivity contribution in [1.82, 2.24) is 26.6 Å². The summed E-state index contributed by atoms with van der Waals surface area (Å²) in [5.74, 6) is -1.32. The molecule has 0 bridgehead atoms. The van der Waals surface area contributed by atoms with E-state index in [0.29, 0.717) is 25.8 Å². The molecule has 0 spiro atoms. The molecule has 0 saturated carbocycles. The Labute approximate surface area is 309 Å². The van der Waals surface area contributed by atoms with Gasteiger partial charge >= 0.3 is 12.2 Å². The van der Waals surface area contributed by atoms with Crippen LogP contribution in [0.3, 0.4) is 0 Å². The first-order valence-electron chi connectivity index (χ1n) is 18.3. The minimum Gasteiger partial charge on any atom is -0.444 e. The Morgan fingerprint density at radius 2 is 1.02 bits per heavy atom. The lowest BCUT2D eigenvalue weighted by Crippen LogP contribution is -2.58. The van der Waals surface area contributed by atoms with Crippen molar-refractivity contribution in [3.8, 4) is 0 Å². The summed E-state index contributed by atoms with van der Waals surface area (Å²) in [6.07, 6.45) is 1.62. The van der Waals surface area contributed by atoms with Crippen LogP contribution in [0.2, 0.25) is 0 Å². The SMILES string of the molecule is CC(C)CC(NC(=O)C(Cc1ccccc1)NC(=O)C(Cc1ccccc1)NC(=O)OC(C)(C)C)C(=O)NC(C)CCCCNC(=O)OC(C)(C)C. The number of benzene rings is 2. The second-order valence-corrected chi connectivity index (χ2v) is 15.7. The molecule has 0 saturated heterocycles. The van der Waals surface area contributed by atoms with Gasteiger partial charge in [0.2, 0.25) is 17.7 Å². The van der Waals surface area contributed by atoms with E-state index in [1.807, 2.05) is 81.4 Å². The molecule has 5 N–H and O–H groups in total. The first-order valence-corrected chi connectivity index (χ1v) is 18.3. The fraction of sp³-hybridized carbons (Fsp3) is 0.575. The Morgan fingerprint density at radius 3 is 1.50 bits per heavy atom. The first-order chi connectivity index (χ1) is 24.3. The fourth-order valence-electron chi connectivity index (χ4n) is 5.31. The Kier molecular flexibility index (Phi) is 17.6. The summed E-state index contributed by atoms with van der Waals surface area (Å²) in [4.78, 5) is 66.1. The predicted octanol–water partition coefficient (Wildman–Crippen LogP) is 5.58. The summed E-state index contributed by atoms with van der Waals surface area (Å²) < 4.78 is 10.7. The van der Waals surface area contributed by atoms with Crippen molar-refractivity contribution in [2.24, 2.45) is 5.92 Å². The molecular weight excluding hydrogens is 662 g/mol. The number of carbonyl (C=O) groups is 5. The lowest BCUT2D eigenvalue weighted by molar-refractivity contribution is -0.133. The van der Waals surface area contributed by atoms with Gasteiger partial charge in [-0.2, -0.15) is 0 Å². The van der Waals surface area contributed by atoms with E-state index < -0.39 is 53.3 Å². The van der Waals surface area contributed by atoms with Gasteiger partial charge in [-0.05, 0) is 91.2 Å². The van der Waals surface area contributed by atoms with Crippen molar-refractivity contribution in [2.45, 2.75) is 136 Å². The van der Waals surface area contributed by atoms with Gasteiger partial charge in [-0.1, -0.05) is 74.5 Å². The number of hydrogen-bond donors (Lipinski definition) is 5. The number of unbranched alkanes of at least 4 members (excludes halogenated alkanes) is 1. The summed E-state index contributed by atoms with van der Waals surface area (Å²) in [6, 6.07) is 15.4. The zero-order chi connectivity index (χ0) is 38.9. The average molecular weight is 724 g/mol. The highest BCUT2D eigenvalue weighted by Crippen LogP contribution is 2.12. The van der Waals surface area contributed by atoms with Gasteiger partial charge in [0.05, 0.1) is 0 Å². The van der Waals surface area contributed by atoms with Crippen LogP contribution in [0, 0.1) is 5.92 Å². The van der Waals surface area contributed by atoms with Gasteiger partial charge in [-0.25, -0.2) is 9.59 Å². The summed E-state index contributed by atoms with van der Waals surface area (Å²) in [5.41, 5.74) is 0.268. The molecule has 4 atom stereocenters. The molecule has 4 unspecified atom stereocenters. The van der Waals surface area contributed by atoms with Gasteiger partial charge < -0.3 is 36.1 Å². The molecule has 0 aliphatic rings. The van der Waals surface area contributed by atoms with Gasteiger partial charge in [0, 0.05) is 25.4 Å². The highest BCUT2D eigenvalue weighted by Gasteiger charge is 2.31. The quantitative estimate of drug-likeness (QED) is 0.125. The van der Waals surface area contributed by atoms with Gasteiger partial charge in [0.1, 0.15) is 29.3 Å². The van der Waals surface area contributed by atoms with Gasteiger partial charge in [0.15, 0.2) is 0 Å². The van der Waals surface area contributed by atoms with E-state index in [0.717, 1.165) is 17.5 Å². The van der Waals surface area contributed by atoms with Crippen LogP contribution in [0.15, 0.2) is 60.7 Å². The van der Waals surface area contributed by atoms with E-state index in [4.69, 9.17) is 9.47 Å². The van der Waals surface area contributed by atoms with Crippen molar-refractivity contribution in [2.75, 3.05) is 6.54 Å². The molecule has 2 aromatic carbocycles. The van der Waals surface area contributed by atoms with Crippen LogP contribution in [-0.2, 0) is 36.7 Å².